The van der Waals surface area contributed by atoms with Gasteiger partial charge in [0.1, 0.15) is 17.5 Å². The van der Waals surface area contributed by atoms with Crippen molar-refractivity contribution in [1.29, 1.82) is 0 Å². The summed E-state index contributed by atoms with van der Waals surface area (Å²) in [6.45, 7) is 10.00. The van der Waals surface area contributed by atoms with Gasteiger partial charge in [-0.25, -0.2) is 0 Å². The number of benzene rings is 1. The maximum Gasteiger partial charge on any atom is 0.190 e. The average molecular weight is 573 g/mol. The van der Waals surface area contributed by atoms with Gasteiger partial charge in [0.05, 0.1) is 17.0 Å². The molecule has 1 aromatic rings. The van der Waals surface area contributed by atoms with Crippen LogP contribution >= 0.6 is 0 Å². The van der Waals surface area contributed by atoms with Crippen molar-refractivity contribution < 1.29 is 34.2 Å². The molecule has 0 aromatic heterocycles. The number of aliphatic hydroxyl groups is 1. The van der Waals surface area contributed by atoms with E-state index in [9.17, 15) is 34.2 Å². The molecule has 5 rings (SSSR count). The van der Waals surface area contributed by atoms with Crippen molar-refractivity contribution in [3.05, 3.63) is 40.0 Å². The summed E-state index contributed by atoms with van der Waals surface area (Å²) in [7, 11) is 0. The minimum atomic E-state index is -2.70. The maximum absolute atomic E-state index is 14.5. The van der Waals surface area contributed by atoms with Gasteiger partial charge >= 0.3 is 0 Å². The molecular formula is C35H40O7. The van der Waals surface area contributed by atoms with Gasteiger partial charge in [-0.15, -0.1) is 0 Å². The van der Waals surface area contributed by atoms with Crippen LogP contribution in [0.4, 0.5) is 0 Å². The second-order valence-electron chi connectivity index (χ2n) is 13.7. The Balaban J connectivity index is 1.69. The molecule has 0 bridgehead atoms. The number of carbonyl (C=O) groups excluding carboxylic acids is 5. The van der Waals surface area contributed by atoms with Crippen LogP contribution in [0.15, 0.2) is 17.7 Å². The molecule has 4 aliphatic carbocycles. The molecule has 222 valence electrons. The highest BCUT2D eigenvalue weighted by atomic mass is 16.3. The molecule has 0 aliphatic heterocycles. The molecule has 0 amide bonds. The van der Waals surface area contributed by atoms with Gasteiger partial charge < -0.3 is 10.2 Å². The fraction of sp³-hybridized carbons (Fsp3) is 0.571. The van der Waals surface area contributed by atoms with Gasteiger partial charge in [0, 0.05) is 11.3 Å². The highest BCUT2D eigenvalue weighted by Gasteiger charge is 2.76. The van der Waals surface area contributed by atoms with Crippen molar-refractivity contribution in [2.24, 2.45) is 34.5 Å². The lowest BCUT2D eigenvalue weighted by atomic mass is 9.39. The van der Waals surface area contributed by atoms with E-state index in [0.29, 0.717) is 17.5 Å². The third-order valence-corrected chi connectivity index (χ3v) is 10.5. The summed E-state index contributed by atoms with van der Waals surface area (Å²) in [4.78, 5) is 68.8. The number of carbonyl (C=O) groups is 5. The van der Waals surface area contributed by atoms with Crippen LogP contribution in [0.5, 0.6) is 5.75 Å². The highest BCUT2D eigenvalue weighted by Crippen LogP contribution is 2.64. The van der Waals surface area contributed by atoms with E-state index in [1.165, 1.54) is 0 Å². The van der Waals surface area contributed by atoms with Gasteiger partial charge in [-0.2, -0.15) is 0 Å². The smallest absolute Gasteiger partial charge is 0.190 e. The van der Waals surface area contributed by atoms with Crippen molar-refractivity contribution in [3.8, 4) is 17.6 Å². The van der Waals surface area contributed by atoms with Crippen LogP contribution in [0.3, 0.4) is 0 Å². The van der Waals surface area contributed by atoms with Crippen molar-refractivity contribution >= 4 is 28.9 Å². The maximum atomic E-state index is 14.5. The number of hydrogen-bond donors (Lipinski definition) is 2. The van der Waals surface area contributed by atoms with Gasteiger partial charge in [-0.05, 0) is 86.0 Å². The first kappa shape index (κ1) is 30.1. The number of ketones is 5. The van der Waals surface area contributed by atoms with Crippen molar-refractivity contribution in [1.82, 2.24) is 0 Å². The summed E-state index contributed by atoms with van der Waals surface area (Å²) < 4.78 is 0. The zero-order valence-corrected chi connectivity index (χ0v) is 25.3. The zero-order chi connectivity index (χ0) is 30.9. The van der Waals surface area contributed by atoms with Crippen molar-refractivity contribution in [3.63, 3.8) is 0 Å². The second kappa shape index (κ2) is 10.1. The third-order valence-electron chi connectivity index (χ3n) is 10.5. The first-order chi connectivity index (χ1) is 19.6. The summed E-state index contributed by atoms with van der Waals surface area (Å²) in [6, 6.07) is 1.81. The Kier molecular flexibility index (Phi) is 7.25. The Morgan fingerprint density at radius 1 is 1.10 bits per heavy atom. The second-order valence-corrected chi connectivity index (χ2v) is 13.7. The van der Waals surface area contributed by atoms with Crippen LogP contribution in [0.2, 0.25) is 0 Å². The number of phenolic OH excluding ortho intramolecular Hbond substituents is 1. The van der Waals surface area contributed by atoms with Gasteiger partial charge in [0.2, 0.25) is 0 Å². The summed E-state index contributed by atoms with van der Waals surface area (Å²) in [5.74, 6) is -2.70. The summed E-state index contributed by atoms with van der Waals surface area (Å²) in [5.41, 5.74) is -2.46. The zero-order valence-electron chi connectivity index (χ0n) is 25.3. The average Bonchev–Trinajstić information content (AvgIpc) is 2.90. The van der Waals surface area contributed by atoms with E-state index >= 15 is 0 Å². The van der Waals surface area contributed by atoms with Crippen molar-refractivity contribution in [2.45, 2.75) is 92.1 Å². The topological polar surface area (TPSA) is 126 Å². The number of aromatic hydroxyl groups is 1. The number of Topliss-reactive ketones (excluding diaryl/α,β-unsaturated/α-hetero) is 5. The molecular weight excluding hydrogens is 532 g/mol. The molecule has 0 saturated heterocycles. The molecule has 2 fully saturated rings. The molecule has 0 heterocycles. The largest absolute Gasteiger partial charge is 0.506 e. The number of hydrogen-bond acceptors (Lipinski definition) is 7. The standard InChI is InChI=1S/C35H40O7/c1-7-21-15-22(14-13-20-11-9-8-10-12-20)28(37)25-23(21)16-33(5)17-34(6)26(18(2)3)29(38)24(19(4)36)31(40)35(34,42)32(41)27(33)30(25)39/h11,15,18,24,26-27,37,42H,7-10,12,16-17H2,1-6H3/t24?,26?,27?,33-,34-,35+/m1/s1. The number of allylic oxidation sites excluding steroid dienone is 2. The molecule has 3 unspecified atom stereocenters. The highest BCUT2D eigenvalue weighted by molar-refractivity contribution is 6.32. The first-order valence-corrected chi connectivity index (χ1v) is 15.1. The third kappa shape index (κ3) is 4.01. The Bertz CT molecular complexity index is 1530. The fourth-order valence-corrected chi connectivity index (χ4v) is 8.79. The summed E-state index contributed by atoms with van der Waals surface area (Å²) >= 11 is 0. The molecule has 0 radical (unpaired) electrons. The predicted octanol–water partition coefficient (Wildman–Crippen LogP) is 4.51. The van der Waals surface area contributed by atoms with E-state index < -0.39 is 63.1 Å². The van der Waals surface area contributed by atoms with Crippen LogP contribution in [0.25, 0.3) is 0 Å². The van der Waals surface area contributed by atoms with E-state index in [1.54, 1.807) is 27.7 Å². The molecule has 2 N–H and O–H groups in total. The normalized spacial score (nSPS) is 34.2. The molecule has 42 heavy (non-hydrogen) atoms. The van der Waals surface area contributed by atoms with E-state index in [-0.39, 0.29) is 30.1 Å². The Hall–Kier alpha value is -3.37. The van der Waals surface area contributed by atoms with Crippen LogP contribution < -0.4 is 0 Å². The molecule has 2 saturated carbocycles. The van der Waals surface area contributed by atoms with Gasteiger partial charge in [-0.3, -0.25) is 24.0 Å². The van der Waals surface area contributed by atoms with Crippen LogP contribution in [-0.2, 0) is 32.0 Å². The SMILES string of the molecule is CCc1cc(C#CC2=CCCCC2)c(O)c2c1C[C@]1(C)C[C@]3(C)C(C(C)C)C(=O)C(C(C)=O)C(=O)[C@]3(O)C(=O)C1C2=O. The Labute approximate surface area is 247 Å². The molecule has 4 aliphatic rings. The lowest BCUT2D eigenvalue weighted by Crippen LogP contribution is -2.76. The molecule has 7 heteroatoms. The monoisotopic (exact) mass is 572 g/mol. The van der Waals surface area contributed by atoms with Crippen LogP contribution in [0.1, 0.15) is 101 Å². The van der Waals surface area contributed by atoms with E-state index in [2.05, 4.69) is 17.9 Å². The summed E-state index contributed by atoms with van der Waals surface area (Å²) in [6.07, 6.45) is 6.92. The minimum absolute atomic E-state index is 0.0159. The fourth-order valence-electron chi connectivity index (χ4n) is 8.79. The van der Waals surface area contributed by atoms with E-state index in [1.807, 2.05) is 13.0 Å². The lowest BCUT2D eigenvalue weighted by molar-refractivity contribution is -0.205. The molecule has 0 spiro atoms. The number of rotatable bonds is 3. The van der Waals surface area contributed by atoms with Crippen LogP contribution in [-0.4, -0.2) is 44.7 Å². The number of phenols is 1. The Morgan fingerprint density at radius 2 is 1.79 bits per heavy atom. The quantitative estimate of drug-likeness (QED) is 0.403. The first-order valence-electron chi connectivity index (χ1n) is 15.1. The predicted molar refractivity (Wildman–Crippen MR) is 156 cm³/mol. The number of aryl methyl sites for hydroxylation is 1. The molecule has 7 nitrogen and oxygen atoms in total. The van der Waals surface area contributed by atoms with Crippen molar-refractivity contribution in [2.75, 3.05) is 0 Å². The van der Waals surface area contributed by atoms with Gasteiger partial charge in [0.15, 0.2) is 28.7 Å². The minimum Gasteiger partial charge on any atom is -0.506 e. The lowest BCUT2D eigenvalue weighted by Gasteiger charge is -2.62. The van der Waals surface area contributed by atoms with Gasteiger partial charge in [0.25, 0.3) is 0 Å². The Morgan fingerprint density at radius 3 is 2.36 bits per heavy atom. The molecule has 1 aromatic carbocycles. The molecule has 6 atom stereocenters. The van der Waals surface area contributed by atoms with E-state index in [0.717, 1.165) is 43.7 Å². The van der Waals surface area contributed by atoms with E-state index in [4.69, 9.17) is 0 Å². The van der Waals surface area contributed by atoms with Crippen LogP contribution in [0, 0.1) is 46.3 Å². The van der Waals surface area contributed by atoms with Gasteiger partial charge in [-0.1, -0.05) is 52.5 Å². The number of fused-ring (bicyclic) bond motifs is 3. The summed E-state index contributed by atoms with van der Waals surface area (Å²) in [5, 5.41) is 23.6.